The van der Waals surface area contributed by atoms with Crippen molar-refractivity contribution in [2.75, 3.05) is 6.54 Å². The van der Waals surface area contributed by atoms with Gasteiger partial charge in [0.05, 0.1) is 12.2 Å². The molecule has 0 radical (unpaired) electrons. The summed E-state index contributed by atoms with van der Waals surface area (Å²) in [6, 6.07) is 3.48. The van der Waals surface area contributed by atoms with Gasteiger partial charge in [-0.1, -0.05) is 12.1 Å². The van der Waals surface area contributed by atoms with Gasteiger partial charge in [0, 0.05) is 24.7 Å². The molecule has 1 aliphatic heterocycles. The Morgan fingerprint density at radius 1 is 1.37 bits per heavy atom. The van der Waals surface area contributed by atoms with Crippen molar-refractivity contribution in [3.8, 4) is 0 Å². The monoisotopic (exact) mass is 263 g/mol. The first-order valence-corrected chi connectivity index (χ1v) is 7.64. The number of likely N-dealkylation sites (tertiary alicyclic amines) is 1. The molecule has 1 aliphatic carbocycles. The minimum atomic E-state index is 0.645. The first-order chi connectivity index (χ1) is 9.22. The highest BCUT2D eigenvalue weighted by molar-refractivity contribution is 5.06. The number of aromatic nitrogens is 1. The highest BCUT2D eigenvalue weighted by atomic mass is 16.5. The summed E-state index contributed by atoms with van der Waals surface area (Å²) < 4.78 is 5.47. The molecule has 0 bridgehead atoms. The SMILES string of the molecule is CC1CCCN(Cc2cc(CNC3CC3)no2)C1C. The van der Waals surface area contributed by atoms with Crippen LogP contribution in [0.2, 0.25) is 0 Å². The van der Waals surface area contributed by atoms with Gasteiger partial charge in [-0.25, -0.2) is 0 Å². The quantitative estimate of drug-likeness (QED) is 0.886. The van der Waals surface area contributed by atoms with Crippen LogP contribution in [-0.2, 0) is 13.1 Å². The van der Waals surface area contributed by atoms with Crippen molar-refractivity contribution in [1.82, 2.24) is 15.4 Å². The Bertz CT molecular complexity index is 413. The van der Waals surface area contributed by atoms with Gasteiger partial charge >= 0.3 is 0 Å². The van der Waals surface area contributed by atoms with Gasteiger partial charge < -0.3 is 9.84 Å². The second-order valence-electron chi connectivity index (χ2n) is 6.27. The van der Waals surface area contributed by atoms with Crippen LogP contribution >= 0.6 is 0 Å². The number of nitrogens with one attached hydrogen (secondary N) is 1. The lowest BCUT2D eigenvalue weighted by Gasteiger charge is -2.37. The van der Waals surface area contributed by atoms with Crippen molar-refractivity contribution in [1.29, 1.82) is 0 Å². The Labute approximate surface area is 115 Å². The predicted molar refractivity (Wildman–Crippen MR) is 74.6 cm³/mol. The Morgan fingerprint density at radius 3 is 3.00 bits per heavy atom. The lowest BCUT2D eigenvalue weighted by atomic mass is 9.92. The molecule has 1 aromatic heterocycles. The zero-order chi connectivity index (χ0) is 13.2. The van der Waals surface area contributed by atoms with E-state index in [9.17, 15) is 0 Å². The molecular formula is C15H25N3O. The van der Waals surface area contributed by atoms with E-state index in [1.54, 1.807) is 0 Å². The maximum Gasteiger partial charge on any atom is 0.151 e. The maximum atomic E-state index is 5.47. The molecular weight excluding hydrogens is 238 g/mol. The highest BCUT2D eigenvalue weighted by Crippen LogP contribution is 2.24. The van der Waals surface area contributed by atoms with Crippen LogP contribution in [-0.4, -0.2) is 28.7 Å². The summed E-state index contributed by atoms with van der Waals surface area (Å²) in [6.07, 6.45) is 5.28. The molecule has 4 nitrogen and oxygen atoms in total. The lowest BCUT2D eigenvalue weighted by molar-refractivity contribution is 0.0959. The van der Waals surface area contributed by atoms with Crippen LogP contribution in [0, 0.1) is 5.92 Å². The molecule has 1 aromatic rings. The maximum absolute atomic E-state index is 5.47. The molecule has 2 heterocycles. The number of hydrogen-bond acceptors (Lipinski definition) is 4. The Kier molecular flexibility index (Phi) is 3.89. The van der Waals surface area contributed by atoms with E-state index in [4.69, 9.17) is 4.52 Å². The fourth-order valence-electron chi connectivity index (χ4n) is 2.89. The summed E-state index contributed by atoms with van der Waals surface area (Å²) in [5, 5.41) is 7.63. The van der Waals surface area contributed by atoms with Crippen LogP contribution in [0.3, 0.4) is 0 Å². The molecule has 2 aliphatic rings. The van der Waals surface area contributed by atoms with Crippen molar-refractivity contribution in [2.24, 2.45) is 5.92 Å². The molecule has 1 N–H and O–H groups in total. The zero-order valence-corrected chi connectivity index (χ0v) is 12.1. The van der Waals surface area contributed by atoms with Crippen LogP contribution < -0.4 is 5.32 Å². The second kappa shape index (κ2) is 5.63. The van der Waals surface area contributed by atoms with Crippen LogP contribution in [0.25, 0.3) is 0 Å². The summed E-state index contributed by atoms with van der Waals surface area (Å²) in [5.74, 6) is 1.79. The molecule has 2 unspecified atom stereocenters. The molecule has 3 rings (SSSR count). The molecule has 2 fully saturated rings. The van der Waals surface area contributed by atoms with Crippen LogP contribution in [0.15, 0.2) is 10.6 Å². The lowest BCUT2D eigenvalue weighted by Crippen LogP contribution is -2.41. The predicted octanol–water partition coefficient (Wildman–Crippen LogP) is 2.55. The van der Waals surface area contributed by atoms with Gasteiger partial charge in [0.1, 0.15) is 0 Å². The molecule has 4 heteroatoms. The fourth-order valence-corrected chi connectivity index (χ4v) is 2.89. The van der Waals surface area contributed by atoms with E-state index in [1.165, 1.54) is 32.2 Å². The number of hydrogen-bond donors (Lipinski definition) is 1. The molecule has 1 saturated carbocycles. The Morgan fingerprint density at radius 2 is 2.21 bits per heavy atom. The first-order valence-electron chi connectivity index (χ1n) is 7.64. The van der Waals surface area contributed by atoms with Crippen LogP contribution in [0.4, 0.5) is 0 Å². The van der Waals surface area contributed by atoms with E-state index in [0.29, 0.717) is 6.04 Å². The standard InChI is InChI=1S/C15H25N3O/c1-11-4-3-7-18(12(11)2)10-15-8-14(17-19-15)9-16-13-5-6-13/h8,11-13,16H,3-7,9-10H2,1-2H3. The van der Waals surface area contributed by atoms with Crippen molar-refractivity contribution in [3.63, 3.8) is 0 Å². The Hall–Kier alpha value is -0.870. The summed E-state index contributed by atoms with van der Waals surface area (Å²) in [6.45, 7) is 7.61. The minimum Gasteiger partial charge on any atom is -0.360 e. The van der Waals surface area contributed by atoms with E-state index >= 15 is 0 Å². The van der Waals surface area contributed by atoms with E-state index in [0.717, 1.165) is 36.5 Å². The average Bonchev–Trinajstić information content (AvgIpc) is 3.13. The Balaban J connectivity index is 1.53. The van der Waals surface area contributed by atoms with Gasteiger partial charge in [0.25, 0.3) is 0 Å². The van der Waals surface area contributed by atoms with Crippen molar-refractivity contribution in [3.05, 3.63) is 17.5 Å². The fraction of sp³-hybridized carbons (Fsp3) is 0.800. The average molecular weight is 263 g/mol. The van der Waals surface area contributed by atoms with Gasteiger partial charge in [-0.3, -0.25) is 4.90 Å². The van der Waals surface area contributed by atoms with E-state index in [-0.39, 0.29) is 0 Å². The van der Waals surface area contributed by atoms with Crippen molar-refractivity contribution < 1.29 is 4.52 Å². The van der Waals surface area contributed by atoms with E-state index in [2.05, 4.69) is 35.3 Å². The molecule has 19 heavy (non-hydrogen) atoms. The zero-order valence-electron chi connectivity index (χ0n) is 12.1. The summed E-state index contributed by atoms with van der Waals surface area (Å²) in [5.41, 5.74) is 1.04. The number of nitrogens with zero attached hydrogens (tertiary/aromatic N) is 2. The summed E-state index contributed by atoms with van der Waals surface area (Å²) >= 11 is 0. The molecule has 106 valence electrons. The topological polar surface area (TPSA) is 41.3 Å². The third-order valence-corrected chi connectivity index (χ3v) is 4.62. The number of rotatable bonds is 5. The third-order valence-electron chi connectivity index (χ3n) is 4.62. The van der Waals surface area contributed by atoms with E-state index < -0.39 is 0 Å². The van der Waals surface area contributed by atoms with Crippen molar-refractivity contribution in [2.45, 2.75) is 64.7 Å². The largest absolute Gasteiger partial charge is 0.360 e. The van der Waals surface area contributed by atoms with Gasteiger partial charge in [0.15, 0.2) is 5.76 Å². The van der Waals surface area contributed by atoms with Gasteiger partial charge in [-0.05, 0) is 45.1 Å². The number of piperidine rings is 1. The minimum absolute atomic E-state index is 0.645. The third kappa shape index (κ3) is 3.37. The van der Waals surface area contributed by atoms with Gasteiger partial charge in [-0.15, -0.1) is 0 Å². The van der Waals surface area contributed by atoms with Gasteiger partial charge in [0.2, 0.25) is 0 Å². The second-order valence-corrected chi connectivity index (χ2v) is 6.27. The van der Waals surface area contributed by atoms with Crippen LogP contribution in [0.1, 0.15) is 51.0 Å². The normalized spacial score (nSPS) is 28.7. The summed E-state index contributed by atoms with van der Waals surface area (Å²) in [7, 11) is 0. The first kappa shape index (κ1) is 13.1. The smallest absolute Gasteiger partial charge is 0.151 e. The summed E-state index contributed by atoms with van der Waals surface area (Å²) in [4.78, 5) is 2.52. The van der Waals surface area contributed by atoms with Crippen LogP contribution in [0.5, 0.6) is 0 Å². The molecule has 0 spiro atoms. The van der Waals surface area contributed by atoms with Gasteiger partial charge in [-0.2, -0.15) is 0 Å². The molecule has 0 aromatic carbocycles. The molecule has 1 saturated heterocycles. The molecule has 2 atom stereocenters. The van der Waals surface area contributed by atoms with Crippen molar-refractivity contribution >= 4 is 0 Å². The molecule has 0 amide bonds. The highest BCUT2D eigenvalue weighted by Gasteiger charge is 2.25. The van der Waals surface area contributed by atoms with E-state index in [1.807, 2.05) is 0 Å².